The second kappa shape index (κ2) is 3.22. The average molecular weight is 220 g/mol. The predicted molar refractivity (Wildman–Crippen MR) is 62.6 cm³/mol. The number of aliphatic imine (C=N–C) groups is 1. The molecule has 0 aliphatic carbocycles. The molecule has 0 saturated heterocycles. The zero-order chi connectivity index (χ0) is 9.38. The molecule has 0 bridgehead atoms. The van der Waals surface area contributed by atoms with E-state index in [1.165, 1.54) is 15.3 Å². The number of thiophene rings is 2. The molecule has 3 rings (SSSR count). The maximum absolute atomic E-state index is 4.30. The van der Waals surface area contributed by atoms with Gasteiger partial charge in [-0.15, -0.1) is 11.3 Å². The van der Waals surface area contributed by atoms with Gasteiger partial charge in [-0.05, 0) is 22.9 Å². The van der Waals surface area contributed by atoms with Gasteiger partial charge in [0.05, 0.1) is 23.4 Å². The summed E-state index contributed by atoms with van der Waals surface area (Å²) >= 11 is 3.56. The first-order chi connectivity index (χ1) is 6.93. The highest BCUT2D eigenvalue weighted by Gasteiger charge is 2.11. The Morgan fingerprint density at radius 2 is 2.43 bits per heavy atom. The first-order valence-electron chi connectivity index (χ1n) is 4.35. The zero-order valence-electron chi connectivity index (χ0n) is 7.36. The van der Waals surface area contributed by atoms with E-state index in [1.807, 2.05) is 11.3 Å². The van der Waals surface area contributed by atoms with Crippen LogP contribution in [-0.4, -0.2) is 6.34 Å². The van der Waals surface area contributed by atoms with Gasteiger partial charge in [-0.2, -0.15) is 11.3 Å². The third-order valence-corrected chi connectivity index (χ3v) is 4.01. The zero-order valence-corrected chi connectivity index (χ0v) is 8.99. The topological polar surface area (TPSA) is 24.4 Å². The monoisotopic (exact) mass is 220 g/mol. The van der Waals surface area contributed by atoms with Gasteiger partial charge >= 0.3 is 0 Å². The van der Waals surface area contributed by atoms with Crippen molar-refractivity contribution < 1.29 is 0 Å². The fourth-order valence-electron chi connectivity index (χ4n) is 1.46. The highest BCUT2D eigenvalue weighted by molar-refractivity contribution is 7.16. The van der Waals surface area contributed by atoms with Gasteiger partial charge in [-0.3, -0.25) is 0 Å². The molecule has 0 radical (unpaired) electrons. The molecule has 4 heteroatoms. The summed E-state index contributed by atoms with van der Waals surface area (Å²) in [7, 11) is 0. The van der Waals surface area contributed by atoms with Crippen LogP contribution in [0.3, 0.4) is 0 Å². The van der Waals surface area contributed by atoms with Gasteiger partial charge in [0.2, 0.25) is 0 Å². The lowest BCUT2D eigenvalue weighted by atomic mass is 10.2. The molecule has 0 unspecified atom stereocenters. The minimum absolute atomic E-state index is 0.910. The molecule has 2 nitrogen and oxygen atoms in total. The predicted octanol–water partition coefficient (Wildman–Crippen LogP) is 3.24. The van der Waals surface area contributed by atoms with Crippen molar-refractivity contribution in [2.75, 3.05) is 0 Å². The van der Waals surface area contributed by atoms with E-state index < -0.39 is 0 Å². The van der Waals surface area contributed by atoms with E-state index in [2.05, 4.69) is 33.2 Å². The average Bonchev–Trinajstić information content (AvgIpc) is 2.86. The molecule has 1 aliphatic heterocycles. The number of hydrogen-bond donors (Lipinski definition) is 1. The van der Waals surface area contributed by atoms with Gasteiger partial charge < -0.3 is 5.32 Å². The van der Waals surface area contributed by atoms with Crippen LogP contribution < -0.4 is 5.32 Å². The summed E-state index contributed by atoms with van der Waals surface area (Å²) in [5.74, 6) is 0. The summed E-state index contributed by atoms with van der Waals surface area (Å²) in [5, 5.41) is 7.40. The molecule has 0 aromatic carbocycles. The number of fused-ring (bicyclic) bond motifs is 1. The van der Waals surface area contributed by atoms with Crippen LogP contribution in [0.25, 0.3) is 10.4 Å². The fraction of sp³-hybridized carbons (Fsp3) is 0.100. The number of nitrogens with zero attached hydrogens (tertiary/aromatic N) is 1. The van der Waals surface area contributed by atoms with Gasteiger partial charge in [0.1, 0.15) is 0 Å². The first kappa shape index (κ1) is 8.20. The molecule has 2 aromatic rings. The minimum Gasteiger partial charge on any atom is -0.371 e. The van der Waals surface area contributed by atoms with Crippen molar-refractivity contribution in [3.63, 3.8) is 0 Å². The maximum Gasteiger partial charge on any atom is 0.0889 e. The minimum atomic E-state index is 0.910. The number of hydrogen-bond acceptors (Lipinski definition) is 4. The quantitative estimate of drug-likeness (QED) is 0.784. The summed E-state index contributed by atoms with van der Waals surface area (Å²) in [6.07, 6.45) is 1.77. The molecule has 3 heterocycles. The summed E-state index contributed by atoms with van der Waals surface area (Å²) in [6, 6.07) is 4.32. The first-order valence-corrected chi connectivity index (χ1v) is 6.10. The molecule has 70 valence electrons. The molecule has 14 heavy (non-hydrogen) atoms. The lowest BCUT2D eigenvalue weighted by molar-refractivity contribution is 0.935. The van der Waals surface area contributed by atoms with Crippen molar-refractivity contribution >= 4 is 34.7 Å². The smallest absolute Gasteiger partial charge is 0.0889 e. The van der Waals surface area contributed by atoms with Crippen molar-refractivity contribution in [3.05, 3.63) is 27.8 Å². The Hall–Kier alpha value is -1.13. The summed E-state index contributed by atoms with van der Waals surface area (Å²) in [4.78, 5) is 6.95. The lowest BCUT2D eigenvalue weighted by Crippen LogP contribution is -2.11. The Kier molecular flexibility index (Phi) is 1.89. The van der Waals surface area contributed by atoms with E-state index in [-0.39, 0.29) is 0 Å². The highest BCUT2D eigenvalue weighted by Crippen LogP contribution is 2.37. The van der Waals surface area contributed by atoms with Gasteiger partial charge in [0, 0.05) is 10.4 Å². The maximum atomic E-state index is 4.30. The fourth-order valence-corrected chi connectivity index (χ4v) is 3.24. The van der Waals surface area contributed by atoms with Crippen molar-refractivity contribution in [2.24, 2.45) is 4.99 Å². The van der Waals surface area contributed by atoms with E-state index in [1.54, 1.807) is 17.7 Å². The van der Waals surface area contributed by atoms with Crippen LogP contribution in [0.2, 0.25) is 0 Å². The molecule has 0 saturated carbocycles. The second-order valence-corrected chi connectivity index (χ2v) is 4.99. The molecule has 0 spiro atoms. The lowest BCUT2D eigenvalue weighted by Gasteiger charge is -2.03. The molecular weight excluding hydrogens is 212 g/mol. The van der Waals surface area contributed by atoms with E-state index in [9.17, 15) is 0 Å². The Balaban J connectivity index is 2.09. The van der Waals surface area contributed by atoms with Gasteiger partial charge in [0.25, 0.3) is 0 Å². The normalized spacial score (nSPS) is 13.7. The molecule has 0 fully saturated rings. The van der Waals surface area contributed by atoms with Crippen LogP contribution in [-0.2, 0) is 6.54 Å². The summed E-state index contributed by atoms with van der Waals surface area (Å²) in [6.45, 7) is 0.910. The van der Waals surface area contributed by atoms with E-state index >= 15 is 0 Å². The number of rotatable bonds is 1. The molecule has 0 atom stereocenters. The molecule has 1 N–H and O–H groups in total. The van der Waals surface area contributed by atoms with Gasteiger partial charge in [0.15, 0.2) is 0 Å². The Labute approximate surface area is 89.9 Å². The van der Waals surface area contributed by atoms with E-state index in [0.29, 0.717) is 0 Å². The summed E-state index contributed by atoms with van der Waals surface area (Å²) < 4.78 is 0. The van der Waals surface area contributed by atoms with Gasteiger partial charge in [-0.25, -0.2) is 4.99 Å². The molecule has 1 aliphatic rings. The van der Waals surface area contributed by atoms with Crippen LogP contribution in [0.4, 0.5) is 5.69 Å². The SMILES string of the molecule is C1=Nc2cc(-c3ccsc3)sc2CN1. The third kappa shape index (κ3) is 1.27. The van der Waals surface area contributed by atoms with Crippen LogP contribution in [0.15, 0.2) is 27.9 Å². The van der Waals surface area contributed by atoms with Crippen molar-refractivity contribution in [3.8, 4) is 10.4 Å². The standard InChI is InChI=1S/C10H8N2S2/c1-2-13-5-7(1)9-3-8-10(14-9)4-11-6-12-8/h1-3,5-6H,4H2,(H,11,12). The van der Waals surface area contributed by atoms with Gasteiger partial charge in [-0.1, -0.05) is 0 Å². The van der Waals surface area contributed by atoms with E-state index in [0.717, 1.165) is 12.2 Å². The Morgan fingerprint density at radius 1 is 1.43 bits per heavy atom. The van der Waals surface area contributed by atoms with Crippen molar-refractivity contribution in [2.45, 2.75) is 6.54 Å². The van der Waals surface area contributed by atoms with E-state index in [4.69, 9.17) is 0 Å². The Morgan fingerprint density at radius 3 is 3.21 bits per heavy atom. The third-order valence-electron chi connectivity index (χ3n) is 2.15. The second-order valence-electron chi connectivity index (χ2n) is 3.07. The number of nitrogens with one attached hydrogen (secondary N) is 1. The molecular formula is C10H8N2S2. The molecule has 0 amide bonds. The van der Waals surface area contributed by atoms with Crippen LogP contribution in [0.5, 0.6) is 0 Å². The largest absolute Gasteiger partial charge is 0.371 e. The highest BCUT2D eigenvalue weighted by atomic mass is 32.1. The van der Waals surface area contributed by atoms with Crippen molar-refractivity contribution in [1.29, 1.82) is 0 Å². The van der Waals surface area contributed by atoms with Crippen LogP contribution >= 0.6 is 22.7 Å². The van der Waals surface area contributed by atoms with Crippen LogP contribution in [0.1, 0.15) is 4.88 Å². The Bertz CT molecular complexity index is 468. The van der Waals surface area contributed by atoms with Crippen LogP contribution in [0, 0.1) is 0 Å². The van der Waals surface area contributed by atoms with Crippen molar-refractivity contribution in [1.82, 2.24) is 5.32 Å². The molecule has 2 aromatic heterocycles. The summed E-state index contributed by atoms with van der Waals surface area (Å²) in [5.41, 5.74) is 2.43.